The van der Waals surface area contributed by atoms with Crippen LogP contribution in [0.2, 0.25) is 5.15 Å². The van der Waals surface area contributed by atoms with Gasteiger partial charge in [0, 0.05) is 29.5 Å². The van der Waals surface area contributed by atoms with Crippen LogP contribution in [-0.4, -0.2) is 51.7 Å². The average Bonchev–Trinajstić information content (AvgIpc) is 3.29. The standard InChI is InChI=1S/C30H34Cl2N4O3/c1-19(31)29(37)35(15-14-20-12-13-24(38-5)25(16-20)39-6)18-21-17-23-26(30(2,3)4)34-36(28(23)33-27(21)32)22-10-8-7-9-11-22/h7-13,16-17,19H,14-15,18H2,1-6H3. The van der Waals surface area contributed by atoms with Gasteiger partial charge in [-0.1, -0.05) is 56.6 Å². The summed E-state index contributed by atoms with van der Waals surface area (Å²) in [4.78, 5) is 19.6. The molecule has 2 heterocycles. The molecule has 1 atom stereocenters. The fourth-order valence-corrected chi connectivity index (χ4v) is 4.83. The molecule has 0 saturated carbocycles. The third kappa shape index (κ3) is 6.31. The number of nitrogens with zero attached hydrogens (tertiary/aromatic N) is 4. The first-order valence-electron chi connectivity index (χ1n) is 12.8. The van der Waals surface area contributed by atoms with Crippen molar-refractivity contribution in [3.05, 3.63) is 76.6 Å². The van der Waals surface area contributed by atoms with Crippen LogP contribution in [-0.2, 0) is 23.2 Å². The van der Waals surface area contributed by atoms with Crippen LogP contribution in [0.1, 0.15) is 44.5 Å². The highest BCUT2D eigenvalue weighted by atomic mass is 35.5. The maximum Gasteiger partial charge on any atom is 0.240 e. The molecule has 0 spiro atoms. The molecule has 206 valence electrons. The molecule has 2 aromatic carbocycles. The second-order valence-corrected chi connectivity index (χ2v) is 11.5. The molecule has 4 aromatic rings. The molecule has 7 nitrogen and oxygen atoms in total. The number of halogens is 2. The van der Waals surface area contributed by atoms with Crippen LogP contribution >= 0.6 is 23.2 Å². The van der Waals surface area contributed by atoms with Gasteiger partial charge in [0.05, 0.1) is 25.6 Å². The van der Waals surface area contributed by atoms with Gasteiger partial charge in [0.25, 0.3) is 0 Å². The quantitative estimate of drug-likeness (QED) is 0.168. The summed E-state index contributed by atoms with van der Waals surface area (Å²) in [6.07, 6.45) is 0.599. The lowest BCUT2D eigenvalue weighted by atomic mass is 9.90. The van der Waals surface area contributed by atoms with E-state index in [0.717, 1.165) is 27.9 Å². The molecule has 9 heteroatoms. The molecule has 0 bridgehead atoms. The lowest BCUT2D eigenvalue weighted by Crippen LogP contribution is -2.37. The van der Waals surface area contributed by atoms with Crippen molar-refractivity contribution in [1.82, 2.24) is 19.7 Å². The predicted octanol–water partition coefficient (Wildman–Crippen LogP) is 6.59. The largest absolute Gasteiger partial charge is 0.493 e. The van der Waals surface area contributed by atoms with Gasteiger partial charge >= 0.3 is 0 Å². The number of alkyl halides is 1. The van der Waals surface area contributed by atoms with E-state index in [1.807, 2.05) is 59.3 Å². The van der Waals surface area contributed by atoms with E-state index in [9.17, 15) is 4.79 Å². The zero-order valence-electron chi connectivity index (χ0n) is 23.2. The van der Waals surface area contributed by atoms with Crippen molar-refractivity contribution < 1.29 is 14.3 Å². The van der Waals surface area contributed by atoms with Crippen LogP contribution in [0.4, 0.5) is 0 Å². The van der Waals surface area contributed by atoms with Crippen LogP contribution in [0.15, 0.2) is 54.6 Å². The summed E-state index contributed by atoms with van der Waals surface area (Å²) in [6, 6.07) is 17.6. The summed E-state index contributed by atoms with van der Waals surface area (Å²) in [7, 11) is 3.20. The zero-order valence-corrected chi connectivity index (χ0v) is 24.7. The monoisotopic (exact) mass is 568 g/mol. The molecule has 0 radical (unpaired) electrons. The van der Waals surface area contributed by atoms with Crippen LogP contribution in [0.5, 0.6) is 11.5 Å². The first kappa shape index (κ1) is 28.7. The molecule has 1 unspecified atom stereocenters. The molecule has 2 aromatic heterocycles. The summed E-state index contributed by atoms with van der Waals surface area (Å²) in [5.74, 6) is 1.12. The lowest BCUT2D eigenvalue weighted by Gasteiger charge is -2.25. The maximum atomic E-state index is 13.2. The van der Waals surface area contributed by atoms with Crippen LogP contribution in [0, 0.1) is 0 Å². The zero-order chi connectivity index (χ0) is 28.3. The van der Waals surface area contributed by atoms with Crippen LogP contribution < -0.4 is 9.47 Å². The number of carbonyl (C=O) groups is 1. The number of hydrogen-bond donors (Lipinski definition) is 0. The average molecular weight is 570 g/mol. The van der Waals surface area contributed by atoms with E-state index in [-0.39, 0.29) is 17.9 Å². The van der Waals surface area contributed by atoms with E-state index in [2.05, 4.69) is 20.8 Å². The number of para-hydroxylation sites is 1. The van der Waals surface area contributed by atoms with Gasteiger partial charge in [-0.3, -0.25) is 4.79 Å². The maximum absolute atomic E-state index is 13.2. The second-order valence-electron chi connectivity index (χ2n) is 10.5. The van der Waals surface area contributed by atoms with Crippen LogP contribution in [0.25, 0.3) is 16.7 Å². The number of amides is 1. The van der Waals surface area contributed by atoms with Crippen LogP contribution in [0.3, 0.4) is 0 Å². The van der Waals surface area contributed by atoms with Gasteiger partial charge < -0.3 is 14.4 Å². The molecule has 4 rings (SSSR count). The Balaban J connectivity index is 1.70. The van der Waals surface area contributed by atoms with Gasteiger partial charge in [-0.05, 0) is 49.2 Å². The molecule has 0 N–H and O–H groups in total. The molecule has 0 aliphatic rings. The summed E-state index contributed by atoms with van der Waals surface area (Å²) >= 11 is 13.0. The first-order chi connectivity index (χ1) is 18.5. The van der Waals surface area contributed by atoms with E-state index in [4.69, 9.17) is 42.8 Å². The van der Waals surface area contributed by atoms with Gasteiger partial charge in [0.2, 0.25) is 5.91 Å². The normalized spacial score (nSPS) is 12.4. The van der Waals surface area contributed by atoms with E-state index in [1.165, 1.54) is 0 Å². The number of carbonyl (C=O) groups excluding carboxylic acids is 1. The Morgan fingerprint density at radius 3 is 2.36 bits per heavy atom. The Bertz CT molecular complexity index is 1460. The summed E-state index contributed by atoms with van der Waals surface area (Å²) in [5.41, 5.74) is 3.98. The highest BCUT2D eigenvalue weighted by molar-refractivity contribution is 6.31. The van der Waals surface area contributed by atoms with Crippen molar-refractivity contribution in [2.75, 3.05) is 20.8 Å². The molecule has 0 fully saturated rings. The number of ether oxygens (including phenoxy) is 2. The molecular formula is C30H34Cl2N4O3. The minimum absolute atomic E-state index is 0.177. The van der Waals surface area contributed by atoms with Crippen molar-refractivity contribution in [2.24, 2.45) is 0 Å². The molecule has 0 saturated heterocycles. The Morgan fingerprint density at radius 1 is 1.05 bits per heavy atom. The molecule has 1 amide bonds. The number of pyridine rings is 1. The predicted molar refractivity (Wildman–Crippen MR) is 157 cm³/mol. The summed E-state index contributed by atoms with van der Waals surface area (Å²) in [6.45, 7) is 8.74. The first-order valence-corrected chi connectivity index (χ1v) is 13.6. The fourth-order valence-electron chi connectivity index (χ4n) is 4.50. The number of aromatic nitrogens is 3. The number of hydrogen-bond acceptors (Lipinski definition) is 5. The Kier molecular flexibility index (Phi) is 8.72. The fraction of sp³-hybridized carbons (Fsp3) is 0.367. The number of rotatable bonds is 9. The molecule has 39 heavy (non-hydrogen) atoms. The molecule has 0 aliphatic carbocycles. The topological polar surface area (TPSA) is 69.5 Å². The van der Waals surface area contributed by atoms with E-state index in [0.29, 0.717) is 35.3 Å². The summed E-state index contributed by atoms with van der Waals surface area (Å²) < 4.78 is 12.6. The highest BCUT2D eigenvalue weighted by Gasteiger charge is 2.26. The highest BCUT2D eigenvalue weighted by Crippen LogP contribution is 2.33. The van der Waals surface area contributed by atoms with Crippen molar-refractivity contribution in [3.8, 4) is 17.2 Å². The third-order valence-corrected chi connectivity index (χ3v) is 7.04. The summed E-state index contributed by atoms with van der Waals surface area (Å²) in [5, 5.41) is 5.48. The Morgan fingerprint density at radius 2 is 1.74 bits per heavy atom. The minimum Gasteiger partial charge on any atom is -0.493 e. The number of fused-ring (bicyclic) bond motifs is 1. The third-order valence-electron chi connectivity index (χ3n) is 6.53. The van der Waals surface area contributed by atoms with Gasteiger partial charge in [0.1, 0.15) is 10.5 Å². The van der Waals surface area contributed by atoms with Crippen molar-refractivity contribution >= 4 is 40.1 Å². The molecular weight excluding hydrogens is 535 g/mol. The number of benzene rings is 2. The van der Waals surface area contributed by atoms with Gasteiger partial charge in [-0.25, -0.2) is 9.67 Å². The van der Waals surface area contributed by atoms with Crippen molar-refractivity contribution in [2.45, 2.75) is 51.5 Å². The SMILES string of the molecule is COc1ccc(CCN(Cc2cc3c(C(C)(C)C)nn(-c4ccccc4)c3nc2Cl)C(=O)C(C)Cl)cc1OC. The van der Waals surface area contributed by atoms with Gasteiger partial charge in [-0.15, -0.1) is 11.6 Å². The minimum atomic E-state index is -0.683. The van der Waals surface area contributed by atoms with E-state index < -0.39 is 5.38 Å². The van der Waals surface area contributed by atoms with E-state index >= 15 is 0 Å². The van der Waals surface area contributed by atoms with Crippen molar-refractivity contribution in [3.63, 3.8) is 0 Å². The van der Waals surface area contributed by atoms with Crippen molar-refractivity contribution in [1.29, 1.82) is 0 Å². The Labute approximate surface area is 239 Å². The van der Waals surface area contributed by atoms with Gasteiger partial charge in [0.15, 0.2) is 17.1 Å². The number of methoxy groups -OCH3 is 2. The lowest BCUT2D eigenvalue weighted by molar-refractivity contribution is -0.131. The van der Waals surface area contributed by atoms with E-state index in [1.54, 1.807) is 26.0 Å². The Hall–Kier alpha value is -3.29. The molecule has 0 aliphatic heterocycles. The second kappa shape index (κ2) is 11.8. The van der Waals surface area contributed by atoms with Gasteiger partial charge in [-0.2, -0.15) is 5.10 Å². The smallest absolute Gasteiger partial charge is 0.240 e.